The van der Waals surface area contributed by atoms with Gasteiger partial charge in [0.2, 0.25) is 5.91 Å². The molecule has 1 unspecified atom stereocenters. The molecule has 0 saturated carbocycles. The zero-order valence-corrected chi connectivity index (χ0v) is 12.9. The number of nitrogens with zero attached hydrogens (tertiary/aromatic N) is 1. The van der Waals surface area contributed by atoms with Gasteiger partial charge in [-0.3, -0.25) is 4.79 Å². The van der Waals surface area contributed by atoms with Crippen LogP contribution in [0.25, 0.3) is 0 Å². The van der Waals surface area contributed by atoms with E-state index < -0.39 is 0 Å². The Kier molecular flexibility index (Phi) is 5.16. The van der Waals surface area contributed by atoms with Crippen LogP contribution in [-0.2, 0) is 17.6 Å². The first-order valence-corrected chi connectivity index (χ1v) is 7.57. The van der Waals surface area contributed by atoms with Crippen LogP contribution in [0, 0.1) is 0 Å². The summed E-state index contributed by atoms with van der Waals surface area (Å²) in [7, 11) is 1.65. The monoisotopic (exact) mass is 305 g/mol. The molecule has 0 radical (unpaired) electrons. The predicted octanol–water partition coefficient (Wildman–Crippen LogP) is 2.02. The summed E-state index contributed by atoms with van der Waals surface area (Å²) >= 11 is 1.34. The lowest BCUT2D eigenvalue weighted by molar-refractivity contribution is -0.121. The van der Waals surface area contributed by atoms with Crippen molar-refractivity contribution >= 4 is 22.4 Å². The van der Waals surface area contributed by atoms with Crippen molar-refractivity contribution in [1.29, 1.82) is 0 Å². The van der Waals surface area contributed by atoms with Crippen molar-refractivity contribution in [1.82, 2.24) is 10.3 Å². The van der Waals surface area contributed by atoms with Gasteiger partial charge in [0, 0.05) is 11.4 Å². The normalized spacial score (nSPS) is 11.9. The molecular formula is C15H19N3O2S. The lowest BCUT2D eigenvalue weighted by atomic mass is 10.1. The Hall–Kier alpha value is -2.08. The lowest BCUT2D eigenvalue weighted by Gasteiger charge is -2.15. The third kappa shape index (κ3) is 4.46. The van der Waals surface area contributed by atoms with E-state index in [1.54, 1.807) is 12.5 Å². The average molecular weight is 305 g/mol. The molecular weight excluding hydrogens is 286 g/mol. The van der Waals surface area contributed by atoms with Crippen LogP contribution in [0.1, 0.15) is 18.2 Å². The number of amides is 1. The SMILES string of the molecule is COc1ccccc1CC(C)NC(=O)Cc1csc(N)n1. The molecule has 0 saturated heterocycles. The highest BCUT2D eigenvalue weighted by Crippen LogP contribution is 2.19. The van der Waals surface area contributed by atoms with Crippen LogP contribution in [-0.4, -0.2) is 24.0 Å². The van der Waals surface area contributed by atoms with Gasteiger partial charge in [-0.1, -0.05) is 18.2 Å². The predicted molar refractivity (Wildman–Crippen MR) is 84.5 cm³/mol. The number of para-hydroxylation sites is 1. The van der Waals surface area contributed by atoms with E-state index in [0.29, 0.717) is 10.8 Å². The number of carbonyl (C=O) groups excluding carboxylic acids is 1. The van der Waals surface area contributed by atoms with Crippen LogP contribution in [0.3, 0.4) is 0 Å². The summed E-state index contributed by atoms with van der Waals surface area (Å²) in [5, 5.41) is 5.26. The topological polar surface area (TPSA) is 77.2 Å². The van der Waals surface area contributed by atoms with Crippen LogP contribution in [0.2, 0.25) is 0 Å². The molecule has 5 nitrogen and oxygen atoms in total. The number of hydrogen-bond donors (Lipinski definition) is 2. The van der Waals surface area contributed by atoms with E-state index in [2.05, 4.69) is 10.3 Å². The third-order valence-electron chi connectivity index (χ3n) is 3.04. The van der Waals surface area contributed by atoms with Crippen LogP contribution >= 0.6 is 11.3 Å². The Labute approximate surface area is 128 Å². The summed E-state index contributed by atoms with van der Waals surface area (Å²) in [5.41, 5.74) is 7.33. The number of thiazole rings is 1. The van der Waals surface area contributed by atoms with Crippen molar-refractivity contribution < 1.29 is 9.53 Å². The van der Waals surface area contributed by atoms with Crippen molar-refractivity contribution in [2.45, 2.75) is 25.8 Å². The molecule has 1 amide bonds. The summed E-state index contributed by atoms with van der Waals surface area (Å²) in [6.07, 6.45) is 0.971. The fraction of sp³-hybridized carbons (Fsp3) is 0.333. The first-order valence-electron chi connectivity index (χ1n) is 6.69. The highest BCUT2D eigenvalue weighted by Gasteiger charge is 2.12. The minimum Gasteiger partial charge on any atom is -0.496 e. The molecule has 0 aliphatic rings. The summed E-state index contributed by atoms with van der Waals surface area (Å²) in [5.74, 6) is 0.786. The largest absolute Gasteiger partial charge is 0.496 e. The summed E-state index contributed by atoms with van der Waals surface area (Å²) in [4.78, 5) is 16.0. The van der Waals surface area contributed by atoms with E-state index in [1.165, 1.54) is 11.3 Å². The fourth-order valence-corrected chi connectivity index (χ4v) is 2.71. The van der Waals surface area contributed by atoms with Crippen molar-refractivity contribution in [3.05, 3.63) is 40.9 Å². The van der Waals surface area contributed by atoms with Crippen LogP contribution in [0.5, 0.6) is 5.75 Å². The molecule has 2 aromatic rings. The van der Waals surface area contributed by atoms with E-state index in [-0.39, 0.29) is 18.4 Å². The van der Waals surface area contributed by atoms with Gasteiger partial charge >= 0.3 is 0 Å². The maximum atomic E-state index is 12.0. The van der Waals surface area contributed by atoms with E-state index in [4.69, 9.17) is 10.5 Å². The van der Waals surface area contributed by atoms with Crippen LogP contribution in [0.4, 0.5) is 5.13 Å². The van der Waals surface area contributed by atoms with Crippen LogP contribution in [0.15, 0.2) is 29.6 Å². The van der Waals surface area contributed by atoms with Crippen LogP contribution < -0.4 is 15.8 Å². The molecule has 21 heavy (non-hydrogen) atoms. The van der Waals surface area contributed by atoms with Gasteiger partial charge < -0.3 is 15.8 Å². The first-order chi connectivity index (χ1) is 10.1. The number of anilines is 1. The Balaban J connectivity index is 1.89. The minimum absolute atomic E-state index is 0.0183. The molecule has 0 aliphatic carbocycles. The fourth-order valence-electron chi connectivity index (χ4n) is 2.15. The number of rotatable bonds is 6. The maximum Gasteiger partial charge on any atom is 0.226 e. The van der Waals surface area contributed by atoms with E-state index in [9.17, 15) is 4.79 Å². The number of nitrogens with two attached hydrogens (primary N) is 1. The van der Waals surface area contributed by atoms with Gasteiger partial charge in [-0.2, -0.15) is 0 Å². The molecule has 0 bridgehead atoms. The Bertz CT molecular complexity index is 612. The number of aromatic nitrogens is 1. The van der Waals surface area contributed by atoms with E-state index in [1.807, 2.05) is 31.2 Å². The highest BCUT2D eigenvalue weighted by molar-refractivity contribution is 7.13. The standard InChI is InChI=1S/C15H19N3O2S/c1-10(7-11-5-3-4-6-13(11)20-2)17-14(19)8-12-9-21-15(16)18-12/h3-6,9-10H,7-8H2,1-2H3,(H2,16,18)(H,17,19). The van der Waals surface area contributed by atoms with Crippen molar-refractivity contribution in [2.75, 3.05) is 12.8 Å². The molecule has 1 atom stereocenters. The third-order valence-corrected chi connectivity index (χ3v) is 3.76. The number of nitrogens with one attached hydrogen (secondary N) is 1. The number of ether oxygens (including phenoxy) is 1. The second kappa shape index (κ2) is 7.08. The molecule has 0 aliphatic heterocycles. The van der Waals surface area contributed by atoms with Crippen molar-refractivity contribution in [3.8, 4) is 5.75 Å². The van der Waals surface area contributed by atoms with Crippen molar-refractivity contribution in [2.24, 2.45) is 0 Å². The summed E-state index contributed by atoms with van der Waals surface area (Å²) in [6, 6.07) is 7.83. The first kappa shape index (κ1) is 15.3. The van der Waals surface area contributed by atoms with Gasteiger partial charge in [0.1, 0.15) is 5.75 Å². The number of methoxy groups -OCH3 is 1. The molecule has 1 aromatic carbocycles. The zero-order valence-electron chi connectivity index (χ0n) is 12.1. The van der Waals surface area contributed by atoms with Crippen molar-refractivity contribution in [3.63, 3.8) is 0 Å². The maximum absolute atomic E-state index is 12.0. The number of hydrogen-bond acceptors (Lipinski definition) is 5. The Morgan fingerprint density at radius 3 is 2.90 bits per heavy atom. The van der Waals surface area contributed by atoms with Gasteiger partial charge in [0.05, 0.1) is 19.2 Å². The zero-order chi connectivity index (χ0) is 15.2. The Morgan fingerprint density at radius 1 is 1.48 bits per heavy atom. The van der Waals surface area contributed by atoms with Gasteiger partial charge in [0.15, 0.2) is 5.13 Å². The van der Waals surface area contributed by atoms with E-state index >= 15 is 0 Å². The molecule has 0 fully saturated rings. The highest BCUT2D eigenvalue weighted by atomic mass is 32.1. The van der Waals surface area contributed by atoms with E-state index in [0.717, 1.165) is 17.7 Å². The molecule has 6 heteroatoms. The Morgan fingerprint density at radius 2 is 2.24 bits per heavy atom. The van der Waals surface area contributed by atoms with Gasteiger partial charge in [-0.25, -0.2) is 4.98 Å². The molecule has 112 valence electrons. The number of carbonyl (C=O) groups is 1. The summed E-state index contributed by atoms with van der Waals surface area (Å²) < 4.78 is 5.31. The number of benzene rings is 1. The quantitative estimate of drug-likeness (QED) is 0.856. The second-order valence-corrected chi connectivity index (χ2v) is 5.73. The molecule has 1 aromatic heterocycles. The second-order valence-electron chi connectivity index (χ2n) is 4.84. The van der Waals surface area contributed by atoms with Gasteiger partial charge in [-0.15, -0.1) is 11.3 Å². The number of nitrogen functional groups attached to an aromatic ring is 1. The van der Waals surface area contributed by atoms with Gasteiger partial charge in [0.25, 0.3) is 0 Å². The summed E-state index contributed by atoms with van der Waals surface area (Å²) in [6.45, 7) is 1.97. The average Bonchev–Trinajstić information content (AvgIpc) is 2.84. The molecule has 2 rings (SSSR count). The smallest absolute Gasteiger partial charge is 0.226 e. The lowest BCUT2D eigenvalue weighted by Crippen LogP contribution is -2.35. The molecule has 0 spiro atoms. The molecule has 3 N–H and O–H groups in total. The molecule has 1 heterocycles. The van der Waals surface area contributed by atoms with Gasteiger partial charge in [-0.05, 0) is 25.0 Å². The minimum atomic E-state index is -0.0531.